The average molecular weight is 535 g/mol. The monoisotopic (exact) mass is 534 g/mol. The van der Waals surface area contributed by atoms with E-state index in [-0.39, 0.29) is 6.54 Å². The number of nitrogens with zero attached hydrogens (tertiary/aromatic N) is 1. The lowest BCUT2D eigenvalue weighted by molar-refractivity contribution is -0.141. The molecule has 0 saturated carbocycles. The maximum atomic E-state index is 13.9. The summed E-state index contributed by atoms with van der Waals surface area (Å²) in [6.45, 7) is 16.2. The number of hydrogen-bond donors (Lipinski definition) is 3. The third-order valence-corrected chi connectivity index (χ3v) is 5.75. The Kier molecular flexibility index (Phi) is 10.6. The molecule has 0 aliphatic carbocycles. The Labute approximate surface area is 230 Å². The Morgan fingerprint density at radius 1 is 1.05 bits per heavy atom. The van der Waals surface area contributed by atoms with E-state index >= 15 is 0 Å². The fraction of sp³-hybridized carbons (Fsp3) is 0.333. The zero-order valence-electron chi connectivity index (χ0n) is 23.2. The number of alkyl carbamates (subject to hydrolysis) is 1. The number of aryl methyl sites for hydroxylation is 2. The molecule has 0 aromatic heterocycles. The van der Waals surface area contributed by atoms with E-state index < -0.39 is 47.9 Å². The van der Waals surface area contributed by atoms with Crippen LogP contribution in [0.25, 0.3) is 6.08 Å². The van der Waals surface area contributed by atoms with Crippen molar-refractivity contribution in [3.05, 3.63) is 84.0 Å². The zero-order valence-corrected chi connectivity index (χ0v) is 23.2. The Morgan fingerprint density at radius 2 is 1.67 bits per heavy atom. The molecule has 2 aromatic rings. The number of para-hydroxylation sites is 1. The van der Waals surface area contributed by atoms with Gasteiger partial charge >= 0.3 is 6.09 Å². The highest BCUT2D eigenvalue weighted by Crippen LogP contribution is 2.28. The van der Waals surface area contributed by atoms with Crippen LogP contribution in [0.2, 0.25) is 0 Å². The van der Waals surface area contributed by atoms with Gasteiger partial charge in [0.2, 0.25) is 11.8 Å². The van der Waals surface area contributed by atoms with Gasteiger partial charge in [-0.05, 0) is 62.9 Å². The molecule has 0 radical (unpaired) electrons. The molecule has 39 heavy (non-hydrogen) atoms. The summed E-state index contributed by atoms with van der Waals surface area (Å²) in [6, 6.07) is 10.1. The predicted molar refractivity (Wildman–Crippen MR) is 153 cm³/mol. The highest BCUT2D eigenvalue weighted by Gasteiger charge is 2.36. The van der Waals surface area contributed by atoms with Gasteiger partial charge in [-0.1, -0.05) is 55.1 Å². The van der Waals surface area contributed by atoms with Crippen LogP contribution in [0.1, 0.15) is 55.5 Å². The molecule has 4 amide bonds. The minimum Gasteiger partial charge on any atom is -0.444 e. The summed E-state index contributed by atoms with van der Waals surface area (Å²) >= 11 is 0. The summed E-state index contributed by atoms with van der Waals surface area (Å²) in [6.07, 6.45) is 1.70. The summed E-state index contributed by atoms with van der Waals surface area (Å²) in [5.41, 5.74) is 8.14. The fourth-order valence-electron chi connectivity index (χ4n) is 4.05. The van der Waals surface area contributed by atoms with Crippen molar-refractivity contribution in [1.29, 1.82) is 0 Å². The number of carbonyl (C=O) groups is 4. The minimum absolute atomic E-state index is 0.0623. The van der Waals surface area contributed by atoms with E-state index in [2.05, 4.69) is 23.8 Å². The van der Waals surface area contributed by atoms with E-state index in [0.717, 1.165) is 16.7 Å². The molecule has 0 fully saturated rings. The molecule has 9 heteroatoms. The molecule has 2 atom stereocenters. The molecular formula is C30H38N4O5. The summed E-state index contributed by atoms with van der Waals surface area (Å²) < 4.78 is 5.28. The van der Waals surface area contributed by atoms with Crippen LogP contribution in [0.4, 0.5) is 10.5 Å². The van der Waals surface area contributed by atoms with Crippen LogP contribution in [0, 0.1) is 13.8 Å². The third kappa shape index (κ3) is 8.84. The zero-order chi connectivity index (χ0) is 29.3. The van der Waals surface area contributed by atoms with Gasteiger partial charge in [-0.15, -0.1) is 6.58 Å². The number of anilines is 1. The van der Waals surface area contributed by atoms with Crippen molar-refractivity contribution in [2.24, 2.45) is 5.73 Å². The first-order chi connectivity index (χ1) is 18.3. The van der Waals surface area contributed by atoms with Crippen molar-refractivity contribution in [3.8, 4) is 0 Å². The van der Waals surface area contributed by atoms with Gasteiger partial charge in [0, 0.05) is 12.2 Å². The molecule has 4 N–H and O–H groups in total. The van der Waals surface area contributed by atoms with Crippen molar-refractivity contribution in [2.45, 2.75) is 58.7 Å². The second-order valence-electron chi connectivity index (χ2n) is 10.2. The van der Waals surface area contributed by atoms with E-state index in [9.17, 15) is 19.2 Å². The van der Waals surface area contributed by atoms with Crippen molar-refractivity contribution < 1.29 is 23.9 Å². The van der Waals surface area contributed by atoms with Crippen molar-refractivity contribution in [2.75, 3.05) is 11.9 Å². The van der Waals surface area contributed by atoms with Gasteiger partial charge in [0.05, 0.1) is 6.42 Å². The van der Waals surface area contributed by atoms with Crippen LogP contribution < -0.4 is 16.4 Å². The van der Waals surface area contributed by atoms with E-state index in [1.807, 2.05) is 38.1 Å². The minimum atomic E-state index is -1.38. The quantitative estimate of drug-likeness (QED) is 0.368. The SMILES string of the molecule is C=CCN(C(=O)C(CC(N)=O)NC(=O)OC(C)(C)C)C(C(=O)Nc1c(C)cccc1C)c1cccc(C=C)c1. The second-order valence-corrected chi connectivity index (χ2v) is 10.2. The Morgan fingerprint density at radius 3 is 2.21 bits per heavy atom. The number of rotatable bonds is 11. The van der Waals surface area contributed by atoms with Crippen LogP contribution in [-0.2, 0) is 19.1 Å². The summed E-state index contributed by atoms with van der Waals surface area (Å²) in [5.74, 6) is -2.00. The maximum Gasteiger partial charge on any atom is 0.408 e. The van der Waals surface area contributed by atoms with Crippen molar-refractivity contribution in [3.63, 3.8) is 0 Å². The molecule has 9 nitrogen and oxygen atoms in total. The predicted octanol–water partition coefficient (Wildman–Crippen LogP) is 4.41. The summed E-state index contributed by atoms with van der Waals surface area (Å²) in [7, 11) is 0. The first-order valence-corrected chi connectivity index (χ1v) is 12.6. The first kappa shape index (κ1) is 30.8. The van der Waals surface area contributed by atoms with E-state index in [1.165, 1.54) is 11.0 Å². The number of hydrogen-bond acceptors (Lipinski definition) is 5. The van der Waals surface area contributed by atoms with Crippen LogP contribution in [-0.4, -0.2) is 46.9 Å². The van der Waals surface area contributed by atoms with Crippen LogP contribution in [0.5, 0.6) is 0 Å². The first-order valence-electron chi connectivity index (χ1n) is 12.6. The van der Waals surface area contributed by atoms with Crippen LogP contribution in [0.3, 0.4) is 0 Å². The van der Waals surface area contributed by atoms with Gasteiger partial charge in [0.25, 0.3) is 5.91 Å². The topological polar surface area (TPSA) is 131 Å². The number of nitrogens with one attached hydrogen (secondary N) is 2. The van der Waals surface area contributed by atoms with Gasteiger partial charge in [0.15, 0.2) is 0 Å². The number of benzene rings is 2. The molecule has 208 valence electrons. The number of amides is 4. The second kappa shape index (κ2) is 13.4. The summed E-state index contributed by atoms with van der Waals surface area (Å²) in [4.78, 5) is 53.5. The van der Waals surface area contributed by atoms with E-state index in [0.29, 0.717) is 11.3 Å². The number of carbonyl (C=O) groups excluding carboxylic acids is 4. The molecule has 0 bridgehead atoms. The van der Waals surface area contributed by atoms with E-state index in [1.54, 1.807) is 45.0 Å². The number of primary amides is 1. The fourth-order valence-corrected chi connectivity index (χ4v) is 4.05. The smallest absolute Gasteiger partial charge is 0.408 e. The third-order valence-electron chi connectivity index (χ3n) is 5.75. The molecule has 0 saturated heterocycles. The Balaban J connectivity index is 2.59. The lowest BCUT2D eigenvalue weighted by atomic mass is 9.99. The van der Waals surface area contributed by atoms with Gasteiger partial charge < -0.3 is 26.0 Å². The van der Waals surface area contributed by atoms with Crippen molar-refractivity contribution >= 4 is 35.6 Å². The molecule has 2 rings (SSSR count). The molecule has 0 spiro atoms. The Bertz CT molecular complexity index is 1230. The molecule has 2 aromatic carbocycles. The van der Waals surface area contributed by atoms with E-state index in [4.69, 9.17) is 10.5 Å². The molecular weight excluding hydrogens is 496 g/mol. The number of ether oxygens (including phenoxy) is 1. The van der Waals surface area contributed by atoms with Gasteiger partial charge in [0.1, 0.15) is 17.7 Å². The normalized spacial score (nSPS) is 12.4. The standard InChI is InChI=1S/C30H38N4O5/c1-8-16-34(28(37)23(18-24(31)35)32-29(38)39-30(5,6)7)26(22-15-11-14-21(9-2)17-22)27(36)33-25-19(3)12-10-13-20(25)4/h8-15,17,23,26H,1-2,16,18H2,3-7H3,(H2,31,35)(H,32,38)(H,33,36). The van der Waals surface area contributed by atoms with Gasteiger partial charge in [-0.3, -0.25) is 14.4 Å². The maximum absolute atomic E-state index is 13.9. The largest absolute Gasteiger partial charge is 0.444 e. The molecule has 0 aliphatic rings. The van der Waals surface area contributed by atoms with Gasteiger partial charge in [-0.2, -0.15) is 0 Å². The van der Waals surface area contributed by atoms with Crippen molar-refractivity contribution in [1.82, 2.24) is 10.2 Å². The number of nitrogens with two attached hydrogens (primary N) is 1. The Hall–Kier alpha value is -4.40. The highest BCUT2D eigenvalue weighted by atomic mass is 16.6. The van der Waals surface area contributed by atoms with Crippen LogP contribution in [0.15, 0.2) is 61.7 Å². The highest BCUT2D eigenvalue weighted by molar-refractivity contribution is 6.00. The average Bonchev–Trinajstić information content (AvgIpc) is 2.84. The lowest BCUT2D eigenvalue weighted by Gasteiger charge is -2.34. The lowest BCUT2D eigenvalue weighted by Crippen LogP contribution is -2.53. The molecule has 0 heterocycles. The van der Waals surface area contributed by atoms with Gasteiger partial charge in [-0.25, -0.2) is 4.79 Å². The van der Waals surface area contributed by atoms with Crippen LogP contribution >= 0.6 is 0 Å². The molecule has 0 aliphatic heterocycles. The molecule has 2 unspecified atom stereocenters. The summed E-state index contributed by atoms with van der Waals surface area (Å²) in [5, 5.41) is 5.41.